The lowest BCUT2D eigenvalue weighted by Gasteiger charge is -2.35. The minimum absolute atomic E-state index is 0.0846. The van der Waals surface area contributed by atoms with Crippen molar-refractivity contribution in [3.8, 4) is 0 Å². The molecule has 0 saturated carbocycles. The highest BCUT2D eigenvalue weighted by Crippen LogP contribution is 2.23. The van der Waals surface area contributed by atoms with Crippen LogP contribution in [0.1, 0.15) is 35.8 Å². The molecule has 33 heavy (non-hydrogen) atoms. The summed E-state index contributed by atoms with van der Waals surface area (Å²) in [4.78, 5) is 15.3. The van der Waals surface area contributed by atoms with Crippen molar-refractivity contribution >= 4 is 27.4 Å². The molecule has 3 rings (SSSR count). The third-order valence-electron chi connectivity index (χ3n) is 5.88. The summed E-state index contributed by atoms with van der Waals surface area (Å²) in [5, 5.41) is 3.97. The maximum Gasteiger partial charge on any atom is 0.243 e. The third-order valence-corrected chi connectivity index (χ3v) is 8.20. The molecule has 0 aliphatic carbocycles. The second-order valence-corrected chi connectivity index (χ2v) is 10.3. The van der Waals surface area contributed by atoms with E-state index in [0.717, 1.165) is 18.7 Å². The van der Waals surface area contributed by atoms with Crippen LogP contribution in [-0.2, 0) is 14.8 Å². The van der Waals surface area contributed by atoms with Crippen molar-refractivity contribution in [2.75, 3.05) is 52.5 Å². The summed E-state index contributed by atoms with van der Waals surface area (Å²) >= 11 is 6.05. The zero-order valence-electron chi connectivity index (χ0n) is 19.2. The van der Waals surface area contributed by atoms with Gasteiger partial charge in [0.25, 0.3) is 0 Å². The van der Waals surface area contributed by atoms with Crippen molar-refractivity contribution in [1.29, 1.82) is 0 Å². The molecule has 1 saturated heterocycles. The molecule has 1 aliphatic rings. The first-order valence-electron chi connectivity index (χ1n) is 11.3. The van der Waals surface area contributed by atoms with Gasteiger partial charge in [-0.25, -0.2) is 8.42 Å². The predicted molar refractivity (Wildman–Crippen MR) is 130 cm³/mol. The maximum absolute atomic E-state index is 12.7. The van der Waals surface area contributed by atoms with Crippen molar-refractivity contribution in [3.05, 3.63) is 64.7 Å². The Kier molecular flexibility index (Phi) is 9.43. The fraction of sp³-hybridized carbons (Fsp3) is 0.458. The summed E-state index contributed by atoms with van der Waals surface area (Å²) in [6, 6.07) is 14.1. The molecule has 1 fully saturated rings. The van der Waals surface area contributed by atoms with Crippen LogP contribution in [0.3, 0.4) is 0 Å². The van der Waals surface area contributed by atoms with E-state index < -0.39 is 10.0 Å². The number of hydrogen-bond acceptors (Lipinski definition) is 6. The normalized spacial score (nSPS) is 16.1. The van der Waals surface area contributed by atoms with Gasteiger partial charge in [-0.2, -0.15) is 4.31 Å². The summed E-state index contributed by atoms with van der Waals surface area (Å²) in [5.41, 5.74) is 1.61. The quantitative estimate of drug-likeness (QED) is 0.484. The fourth-order valence-corrected chi connectivity index (χ4v) is 5.57. The van der Waals surface area contributed by atoms with E-state index >= 15 is 0 Å². The van der Waals surface area contributed by atoms with E-state index in [0.29, 0.717) is 43.4 Å². The molecule has 0 spiro atoms. The van der Waals surface area contributed by atoms with Crippen molar-refractivity contribution in [1.82, 2.24) is 14.5 Å². The summed E-state index contributed by atoms with van der Waals surface area (Å²) in [6.45, 7) is 8.20. The molecule has 2 aromatic carbocycles. The van der Waals surface area contributed by atoms with E-state index in [-0.39, 0.29) is 23.3 Å². The molecular formula is C24H32ClN3O4S. The summed E-state index contributed by atoms with van der Waals surface area (Å²) in [5.74, 6) is -0.0846. The number of Topliss-reactive ketones (excluding diaryl/α,β-unsaturated/α-hetero) is 1. The predicted octanol–water partition coefficient (Wildman–Crippen LogP) is 3.22. The van der Waals surface area contributed by atoms with Crippen molar-refractivity contribution in [3.63, 3.8) is 0 Å². The average molecular weight is 494 g/mol. The van der Waals surface area contributed by atoms with Crippen LogP contribution in [0.15, 0.2) is 53.4 Å². The second-order valence-electron chi connectivity index (χ2n) is 7.88. The van der Waals surface area contributed by atoms with Crippen LogP contribution >= 0.6 is 11.6 Å². The van der Waals surface area contributed by atoms with E-state index in [2.05, 4.69) is 10.2 Å². The van der Waals surface area contributed by atoms with E-state index in [9.17, 15) is 13.2 Å². The highest BCUT2D eigenvalue weighted by Gasteiger charge is 2.24. The molecule has 1 heterocycles. The van der Waals surface area contributed by atoms with Crippen LogP contribution in [-0.4, -0.2) is 75.9 Å². The first-order valence-corrected chi connectivity index (χ1v) is 13.1. The number of ketones is 1. The van der Waals surface area contributed by atoms with Crippen LogP contribution < -0.4 is 5.32 Å². The Labute approximate surface area is 201 Å². The minimum Gasteiger partial charge on any atom is -0.379 e. The number of carbonyl (C=O) groups is 1. The lowest BCUT2D eigenvalue weighted by Crippen LogP contribution is -2.43. The van der Waals surface area contributed by atoms with Crippen LogP contribution in [0.2, 0.25) is 5.02 Å². The summed E-state index contributed by atoms with van der Waals surface area (Å²) in [7, 11) is -3.54. The van der Waals surface area contributed by atoms with Gasteiger partial charge in [-0.3, -0.25) is 9.69 Å². The van der Waals surface area contributed by atoms with Gasteiger partial charge in [-0.15, -0.1) is 0 Å². The third kappa shape index (κ3) is 6.62. The standard InChI is InChI=1S/C24H32ClN3O4S/c1-3-28(4-2)33(30,31)22-11-7-20(8-12-22)24(29)18-26-17-23(27-13-15-32-16-14-27)19-5-9-21(25)10-6-19/h5-12,23,26H,3-4,13-18H2,1-2H3. The zero-order valence-corrected chi connectivity index (χ0v) is 20.7. The van der Waals surface area contributed by atoms with E-state index in [1.54, 1.807) is 26.0 Å². The molecule has 180 valence electrons. The van der Waals surface area contributed by atoms with Gasteiger partial charge in [0, 0.05) is 49.4 Å². The molecule has 1 unspecified atom stereocenters. The molecular weight excluding hydrogens is 462 g/mol. The molecule has 1 atom stereocenters. The van der Waals surface area contributed by atoms with Gasteiger partial charge in [0.15, 0.2) is 5.78 Å². The van der Waals surface area contributed by atoms with Gasteiger partial charge in [-0.1, -0.05) is 49.7 Å². The SMILES string of the molecule is CCN(CC)S(=O)(=O)c1ccc(C(=O)CNCC(c2ccc(Cl)cc2)N2CCOCC2)cc1. The number of carbonyl (C=O) groups excluding carboxylic acids is 1. The number of halogens is 1. The number of nitrogens with zero attached hydrogens (tertiary/aromatic N) is 2. The van der Waals surface area contributed by atoms with E-state index in [4.69, 9.17) is 16.3 Å². The summed E-state index contributed by atoms with van der Waals surface area (Å²) < 4.78 is 32.2. The molecule has 0 bridgehead atoms. The number of sulfonamides is 1. The van der Waals surface area contributed by atoms with Gasteiger partial charge in [0.05, 0.1) is 24.7 Å². The molecule has 7 nitrogen and oxygen atoms in total. The van der Waals surface area contributed by atoms with Crippen LogP contribution in [0.4, 0.5) is 0 Å². The number of morpholine rings is 1. The molecule has 0 aromatic heterocycles. The largest absolute Gasteiger partial charge is 0.379 e. The Balaban J connectivity index is 1.63. The van der Waals surface area contributed by atoms with Gasteiger partial charge in [0.1, 0.15) is 0 Å². The Morgan fingerprint density at radius 2 is 1.67 bits per heavy atom. The molecule has 0 radical (unpaired) electrons. The maximum atomic E-state index is 12.7. The summed E-state index contributed by atoms with van der Waals surface area (Å²) in [6.07, 6.45) is 0. The Bertz CT molecular complexity index is 1000. The van der Waals surface area contributed by atoms with Crippen molar-refractivity contribution in [2.45, 2.75) is 24.8 Å². The average Bonchev–Trinajstić information content (AvgIpc) is 2.84. The van der Waals surface area contributed by atoms with E-state index in [1.807, 2.05) is 24.3 Å². The van der Waals surface area contributed by atoms with Crippen LogP contribution in [0.5, 0.6) is 0 Å². The van der Waals surface area contributed by atoms with Gasteiger partial charge in [-0.05, 0) is 29.8 Å². The fourth-order valence-electron chi connectivity index (χ4n) is 3.98. The minimum atomic E-state index is -3.54. The number of ether oxygens (including phenoxy) is 1. The number of nitrogens with one attached hydrogen (secondary N) is 1. The molecule has 9 heteroatoms. The Morgan fingerprint density at radius 1 is 1.06 bits per heavy atom. The molecule has 1 aliphatic heterocycles. The second kappa shape index (κ2) is 12.1. The number of benzene rings is 2. The lowest BCUT2D eigenvalue weighted by atomic mass is 10.0. The van der Waals surface area contributed by atoms with Crippen LogP contribution in [0.25, 0.3) is 0 Å². The topological polar surface area (TPSA) is 79.0 Å². The van der Waals surface area contributed by atoms with Crippen LogP contribution in [0, 0.1) is 0 Å². The Hall–Kier alpha value is -1.81. The molecule has 1 N–H and O–H groups in total. The first kappa shape index (κ1) is 25.8. The Morgan fingerprint density at radius 3 is 2.24 bits per heavy atom. The monoisotopic (exact) mass is 493 g/mol. The number of hydrogen-bond donors (Lipinski definition) is 1. The van der Waals surface area contributed by atoms with Crippen molar-refractivity contribution < 1.29 is 17.9 Å². The lowest BCUT2D eigenvalue weighted by molar-refractivity contribution is 0.0162. The van der Waals surface area contributed by atoms with Gasteiger partial charge < -0.3 is 10.1 Å². The van der Waals surface area contributed by atoms with Crippen molar-refractivity contribution in [2.24, 2.45) is 0 Å². The van der Waals surface area contributed by atoms with Gasteiger partial charge >= 0.3 is 0 Å². The molecule has 0 amide bonds. The zero-order chi connectivity index (χ0) is 23.8. The first-order chi connectivity index (χ1) is 15.9. The van der Waals surface area contributed by atoms with Gasteiger partial charge in [0.2, 0.25) is 10.0 Å². The highest BCUT2D eigenvalue weighted by atomic mass is 35.5. The highest BCUT2D eigenvalue weighted by molar-refractivity contribution is 7.89. The smallest absolute Gasteiger partial charge is 0.243 e. The number of rotatable bonds is 11. The van der Waals surface area contributed by atoms with E-state index in [1.165, 1.54) is 16.4 Å². The molecule has 2 aromatic rings.